The predicted molar refractivity (Wildman–Crippen MR) is 152 cm³/mol. The van der Waals surface area contributed by atoms with Gasteiger partial charge in [0.15, 0.2) is 0 Å². The second kappa shape index (κ2) is 9.48. The van der Waals surface area contributed by atoms with Crippen LogP contribution >= 0.6 is 0 Å². The molecule has 8 nitrogen and oxygen atoms in total. The number of carbonyl (C=O) groups excluding carboxylic acids is 2. The van der Waals surface area contributed by atoms with Crippen LogP contribution in [0.5, 0.6) is 0 Å². The number of rotatable bonds is 5. The number of amides is 1. The fourth-order valence-electron chi connectivity index (χ4n) is 9.69. The molecule has 4 saturated carbocycles. The highest BCUT2D eigenvalue weighted by Crippen LogP contribution is 2.60. The van der Waals surface area contributed by atoms with Crippen molar-refractivity contribution in [3.63, 3.8) is 0 Å². The molecule has 2 aromatic heterocycles. The van der Waals surface area contributed by atoms with Gasteiger partial charge in [-0.2, -0.15) is 5.10 Å². The molecule has 7 aliphatic rings. The Kier molecular flexibility index (Phi) is 5.96. The first-order valence-electron chi connectivity index (χ1n) is 15.8. The first kappa shape index (κ1) is 25.2. The molecule has 5 aliphatic carbocycles. The molecular weight excluding hydrogens is 502 g/mol. The first-order valence-corrected chi connectivity index (χ1v) is 15.8. The number of Topliss-reactive ketones (excluding diaryl/α,β-unsaturated/α-hetero) is 1. The molecule has 212 valence electrons. The van der Waals surface area contributed by atoms with Gasteiger partial charge in [-0.15, -0.1) is 0 Å². The van der Waals surface area contributed by atoms with Crippen molar-refractivity contribution in [1.29, 1.82) is 0 Å². The third kappa shape index (κ3) is 4.08. The lowest BCUT2D eigenvalue weighted by Crippen LogP contribution is -2.55. The molecule has 1 amide bonds. The van der Waals surface area contributed by atoms with E-state index in [-0.39, 0.29) is 24.2 Å². The van der Waals surface area contributed by atoms with Crippen LogP contribution in [0.25, 0.3) is 17.0 Å². The minimum absolute atomic E-state index is 0.0210. The molecule has 3 unspecified atom stereocenters. The summed E-state index contributed by atoms with van der Waals surface area (Å²) < 4.78 is 2.21. The maximum absolute atomic E-state index is 13.4. The Morgan fingerprint density at radius 1 is 1.00 bits per heavy atom. The highest BCUT2D eigenvalue weighted by atomic mass is 16.3. The maximum atomic E-state index is 13.4. The number of carbonyl (C=O) groups is 2. The number of aromatic nitrogens is 3. The van der Waals surface area contributed by atoms with Gasteiger partial charge in [0, 0.05) is 42.7 Å². The van der Waals surface area contributed by atoms with Crippen molar-refractivity contribution in [3.8, 4) is 0 Å². The Balaban J connectivity index is 1.05. The number of piperidine rings is 2. The molecule has 9 rings (SSSR count). The molecule has 40 heavy (non-hydrogen) atoms. The molecule has 2 aliphatic heterocycles. The zero-order chi connectivity index (χ0) is 27.0. The number of aliphatic hydroxyl groups is 1. The van der Waals surface area contributed by atoms with E-state index in [9.17, 15) is 14.7 Å². The molecule has 0 aromatic carbocycles. The Morgan fingerprint density at radius 2 is 1.75 bits per heavy atom. The van der Waals surface area contributed by atoms with Gasteiger partial charge < -0.3 is 14.9 Å². The number of likely N-dealkylation sites (tertiary alicyclic amines) is 2. The van der Waals surface area contributed by atoms with E-state index in [0.29, 0.717) is 42.6 Å². The Morgan fingerprint density at radius 3 is 2.48 bits per heavy atom. The smallest absolute Gasteiger partial charge is 0.290 e. The predicted octanol–water partition coefficient (Wildman–Crippen LogP) is 3.70. The Hall–Kier alpha value is -2.58. The summed E-state index contributed by atoms with van der Waals surface area (Å²) >= 11 is 0. The second-order valence-electron chi connectivity index (χ2n) is 13.8. The number of ketones is 1. The Bertz CT molecular complexity index is 1370. The normalized spacial score (nSPS) is 33.7. The number of fused-ring (bicyclic) bond motifs is 3. The van der Waals surface area contributed by atoms with E-state index in [4.69, 9.17) is 10.1 Å². The molecule has 1 N–H and O–H groups in total. The SMILES string of the molecule is O=C(Cc1nn(C2[C@@H]3CC4C[C@H]2CC(O)(C4)C3)c2c3c(ncc12)CC=C3)C(=O)N1CCC(N2CCCCC2)CC1. The van der Waals surface area contributed by atoms with Gasteiger partial charge in [0.2, 0.25) is 5.78 Å². The van der Waals surface area contributed by atoms with Crippen molar-refractivity contribution in [2.24, 2.45) is 17.8 Å². The van der Waals surface area contributed by atoms with E-state index >= 15 is 0 Å². The lowest BCUT2D eigenvalue weighted by Gasteiger charge is -2.58. The van der Waals surface area contributed by atoms with E-state index < -0.39 is 5.60 Å². The molecule has 6 fully saturated rings. The van der Waals surface area contributed by atoms with Crippen molar-refractivity contribution < 1.29 is 14.7 Å². The topological polar surface area (TPSA) is 91.6 Å². The van der Waals surface area contributed by atoms with Crippen LogP contribution in [0.3, 0.4) is 0 Å². The molecule has 0 spiro atoms. The minimum atomic E-state index is -0.508. The summed E-state index contributed by atoms with van der Waals surface area (Å²) in [6, 6.07) is 0.771. The highest BCUT2D eigenvalue weighted by molar-refractivity contribution is 6.36. The molecule has 5 atom stereocenters. The first-order chi connectivity index (χ1) is 19.5. The van der Waals surface area contributed by atoms with E-state index in [1.54, 1.807) is 4.90 Å². The van der Waals surface area contributed by atoms with E-state index in [1.165, 1.54) is 32.4 Å². The van der Waals surface area contributed by atoms with Crippen molar-refractivity contribution in [2.45, 2.75) is 94.7 Å². The van der Waals surface area contributed by atoms with E-state index in [2.05, 4.69) is 21.7 Å². The summed E-state index contributed by atoms with van der Waals surface area (Å²) in [6.07, 6.45) is 17.7. The summed E-state index contributed by atoms with van der Waals surface area (Å²) in [5.41, 5.74) is 3.41. The standard InChI is InChI=1S/C32H41N5O3/c38-28(31(39)36-11-7-23(8-12-36)35-9-2-1-3-10-35)15-27-25-19-33-26-6-4-5-24(26)30(25)37(34-27)29-21-13-20-14-22(29)18-32(40,16-20)17-21/h4-5,19-23,29,40H,1-3,6-18H2/t20?,21-,22+,29?,32?. The molecule has 0 radical (unpaired) electrons. The zero-order valence-corrected chi connectivity index (χ0v) is 23.4. The number of nitrogens with zero attached hydrogens (tertiary/aromatic N) is 5. The lowest BCUT2D eigenvalue weighted by molar-refractivity contribution is -0.148. The number of hydrogen-bond acceptors (Lipinski definition) is 6. The second-order valence-corrected chi connectivity index (χ2v) is 13.8. The van der Waals surface area contributed by atoms with Gasteiger partial charge in [-0.25, -0.2) is 0 Å². The molecule has 2 saturated heterocycles. The van der Waals surface area contributed by atoms with Gasteiger partial charge in [-0.1, -0.05) is 18.6 Å². The van der Waals surface area contributed by atoms with Crippen molar-refractivity contribution >= 4 is 28.7 Å². The van der Waals surface area contributed by atoms with Crippen LogP contribution in [0.2, 0.25) is 0 Å². The van der Waals surface area contributed by atoms with Crippen LogP contribution in [-0.4, -0.2) is 79.2 Å². The maximum Gasteiger partial charge on any atom is 0.290 e. The molecular formula is C32H41N5O3. The van der Waals surface area contributed by atoms with Crippen LogP contribution in [-0.2, 0) is 22.4 Å². The minimum Gasteiger partial charge on any atom is -0.390 e. The average molecular weight is 544 g/mol. The quantitative estimate of drug-likeness (QED) is 0.579. The van der Waals surface area contributed by atoms with Crippen LogP contribution in [0.4, 0.5) is 0 Å². The van der Waals surface area contributed by atoms with Gasteiger partial charge >= 0.3 is 0 Å². The van der Waals surface area contributed by atoms with Crippen LogP contribution in [0, 0.1) is 17.8 Å². The lowest BCUT2D eigenvalue weighted by atomic mass is 9.52. The third-order valence-electron chi connectivity index (χ3n) is 11.2. The van der Waals surface area contributed by atoms with Gasteiger partial charge in [-0.05, 0) is 88.6 Å². The monoisotopic (exact) mass is 543 g/mol. The summed E-state index contributed by atoms with van der Waals surface area (Å²) in [4.78, 5) is 35.9. The Labute approximate surface area is 235 Å². The van der Waals surface area contributed by atoms with Gasteiger partial charge in [0.1, 0.15) is 0 Å². The summed E-state index contributed by atoms with van der Waals surface area (Å²) in [5.74, 6) is 0.703. The molecule has 8 heteroatoms. The molecule has 2 aromatic rings. The van der Waals surface area contributed by atoms with E-state index in [1.807, 2.05) is 6.20 Å². The number of hydrogen-bond donors (Lipinski definition) is 1. The van der Waals surface area contributed by atoms with Crippen LogP contribution in [0.1, 0.15) is 87.2 Å². The van der Waals surface area contributed by atoms with Crippen molar-refractivity contribution in [2.75, 3.05) is 26.2 Å². The largest absolute Gasteiger partial charge is 0.390 e. The molecule has 4 heterocycles. The van der Waals surface area contributed by atoms with Gasteiger partial charge in [-0.3, -0.25) is 19.3 Å². The average Bonchev–Trinajstić information content (AvgIpc) is 3.57. The summed E-state index contributed by atoms with van der Waals surface area (Å²) in [6.45, 7) is 3.66. The highest BCUT2D eigenvalue weighted by Gasteiger charge is 2.56. The summed E-state index contributed by atoms with van der Waals surface area (Å²) in [7, 11) is 0. The number of pyridine rings is 1. The summed E-state index contributed by atoms with van der Waals surface area (Å²) in [5, 5.41) is 17.2. The van der Waals surface area contributed by atoms with Gasteiger partial charge in [0.25, 0.3) is 5.91 Å². The van der Waals surface area contributed by atoms with Gasteiger partial charge in [0.05, 0.1) is 35.0 Å². The number of allylic oxidation sites excluding steroid dienone is 1. The van der Waals surface area contributed by atoms with E-state index in [0.717, 1.165) is 73.5 Å². The fourth-order valence-corrected chi connectivity index (χ4v) is 9.69. The van der Waals surface area contributed by atoms with Crippen molar-refractivity contribution in [1.82, 2.24) is 24.6 Å². The molecule has 4 bridgehead atoms. The zero-order valence-electron chi connectivity index (χ0n) is 23.4. The third-order valence-corrected chi connectivity index (χ3v) is 11.2. The van der Waals surface area contributed by atoms with Crippen molar-refractivity contribution in [3.05, 3.63) is 29.2 Å². The van der Waals surface area contributed by atoms with Crippen LogP contribution in [0.15, 0.2) is 12.3 Å². The van der Waals surface area contributed by atoms with Crippen LogP contribution < -0.4 is 0 Å². The fraction of sp³-hybridized carbons (Fsp3) is 0.688.